The van der Waals surface area contributed by atoms with Crippen molar-refractivity contribution in [2.45, 2.75) is 58.4 Å². The fourth-order valence-electron chi connectivity index (χ4n) is 2.16. The first-order valence-corrected chi connectivity index (χ1v) is 7.41. The molecule has 19 heavy (non-hydrogen) atoms. The minimum absolute atomic E-state index is 0.366. The Morgan fingerprint density at radius 3 is 2.89 bits per heavy atom. The molecule has 0 saturated heterocycles. The quantitative estimate of drug-likeness (QED) is 0.511. The van der Waals surface area contributed by atoms with Crippen LogP contribution in [0.1, 0.15) is 63.0 Å². The Morgan fingerprint density at radius 2 is 2.21 bits per heavy atom. The Hall–Kier alpha value is -1.22. The highest BCUT2D eigenvalue weighted by atomic mass is 15.0. The third kappa shape index (κ3) is 6.48. The molecule has 1 rings (SSSR count). The maximum Gasteiger partial charge on any atom is 0.125 e. The summed E-state index contributed by atoms with van der Waals surface area (Å²) >= 11 is 0. The lowest BCUT2D eigenvalue weighted by Crippen LogP contribution is -2.23. The molecular weight excluding hydrogens is 234 g/mol. The van der Waals surface area contributed by atoms with Crippen LogP contribution in [0.5, 0.6) is 0 Å². The monoisotopic (exact) mass is 261 g/mol. The summed E-state index contributed by atoms with van der Waals surface area (Å²) in [5.41, 5.74) is 1.13. The Balaban J connectivity index is 2.49. The van der Waals surface area contributed by atoms with Crippen LogP contribution in [0.3, 0.4) is 0 Å². The minimum atomic E-state index is 0.366. The van der Waals surface area contributed by atoms with Crippen molar-refractivity contribution < 1.29 is 0 Å². The van der Waals surface area contributed by atoms with Crippen LogP contribution < -0.4 is 5.32 Å². The van der Waals surface area contributed by atoms with Crippen LogP contribution in [0.4, 0.5) is 0 Å². The van der Waals surface area contributed by atoms with E-state index in [4.69, 9.17) is 0 Å². The first-order chi connectivity index (χ1) is 9.27. The Kier molecular flexibility index (Phi) is 8.07. The molecule has 0 aliphatic heterocycles. The van der Waals surface area contributed by atoms with Crippen LogP contribution >= 0.6 is 0 Å². The summed E-state index contributed by atoms with van der Waals surface area (Å²) in [6, 6.07) is 2.40. The lowest BCUT2D eigenvalue weighted by molar-refractivity contribution is 0.462. The molecule has 0 fully saturated rings. The number of rotatable bonds is 10. The third-order valence-corrected chi connectivity index (χ3v) is 3.20. The van der Waals surface area contributed by atoms with Crippen LogP contribution in [0.25, 0.3) is 0 Å². The van der Waals surface area contributed by atoms with Gasteiger partial charge in [0.1, 0.15) is 5.82 Å². The first-order valence-electron chi connectivity index (χ1n) is 7.41. The molecule has 1 N–H and O–H groups in total. The van der Waals surface area contributed by atoms with Gasteiger partial charge in [-0.25, -0.2) is 9.97 Å². The zero-order valence-corrected chi connectivity index (χ0v) is 12.4. The average Bonchev–Trinajstić information content (AvgIpc) is 2.42. The van der Waals surface area contributed by atoms with E-state index >= 15 is 0 Å². The molecule has 1 heterocycles. The molecule has 0 saturated carbocycles. The predicted molar refractivity (Wildman–Crippen MR) is 81.1 cm³/mol. The molecule has 1 aromatic rings. The number of unbranched alkanes of at least 4 members (excludes halogenated alkanes) is 3. The second-order valence-corrected chi connectivity index (χ2v) is 4.96. The van der Waals surface area contributed by atoms with E-state index in [0.29, 0.717) is 6.04 Å². The molecule has 3 heteroatoms. The zero-order valence-electron chi connectivity index (χ0n) is 12.4. The fraction of sp³-hybridized carbons (Fsp3) is 0.625. The third-order valence-electron chi connectivity index (χ3n) is 3.20. The molecule has 0 aliphatic carbocycles. The van der Waals surface area contributed by atoms with Crippen LogP contribution in [0.15, 0.2) is 24.9 Å². The minimum Gasteiger partial charge on any atom is -0.309 e. The topological polar surface area (TPSA) is 37.8 Å². The number of aryl methyl sites for hydroxylation is 1. The molecule has 0 spiro atoms. The van der Waals surface area contributed by atoms with Gasteiger partial charge in [-0.3, -0.25) is 0 Å². The SMILES string of the molecule is C=CCCCCCC(NCCC)c1ccnc(C)n1. The second-order valence-electron chi connectivity index (χ2n) is 4.96. The number of hydrogen-bond donors (Lipinski definition) is 1. The molecular formula is C16H27N3. The van der Waals surface area contributed by atoms with Gasteiger partial charge in [0, 0.05) is 12.2 Å². The standard InChI is InChI=1S/C16H27N3/c1-4-6-7-8-9-10-15(18-12-5-2)16-11-13-17-14(3)19-16/h4,11,13,15,18H,1,5-10,12H2,2-3H3. The summed E-state index contributed by atoms with van der Waals surface area (Å²) in [7, 11) is 0. The maximum atomic E-state index is 4.55. The molecule has 0 amide bonds. The van der Waals surface area contributed by atoms with Crippen molar-refractivity contribution in [3.8, 4) is 0 Å². The highest BCUT2D eigenvalue weighted by molar-refractivity contribution is 5.07. The Bertz CT molecular complexity index is 363. The number of nitrogens with one attached hydrogen (secondary N) is 1. The van der Waals surface area contributed by atoms with Gasteiger partial charge in [-0.2, -0.15) is 0 Å². The van der Waals surface area contributed by atoms with Crippen molar-refractivity contribution in [3.63, 3.8) is 0 Å². The van der Waals surface area contributed by atoms with Crippen molar-refractivity contribution in [3.05, 3.63) is 36.4 Å². The maximum absolute atomic E-state index is 4.55. The van der Waals surface area contributed by atoms with E-state index in [0.717, 1.165) is 37.3 Å². The summed E-state index contributed by atoms with van der Waals surface area (Å²) in [5.74, 6) is 0.854. The van der Waals surface area contributed by atoms with E-state index in [9.17, 15) is 0 Å². The largest absolute Gasteiger partial charge is 0.309 e. The molecule has 0 radical (unpaired) electrons. The average molecular weight is 261 g/mol. The lowest BCUT2D eigenvalue weighted by atomic mass is 10.0. The Morgan fingerprint density at radius 1 is 1.37 bits per heavy atom. The van der Waals surface area contributed by atoms with Crippen LogP contribution in [-0.4, -0.2) is 16.5 Å². The van der Waals surface area contributed by atoms with Crippen molar-refractivity contribution >= 4 is 0 Å². The van der Waals surface area contributed by atoms with Gasteiger partial charge >= 0.3 is 0 Å². The summed E-state index contributed by atoms with van der Waals surface area (Å²) in [6.45, 7) is 8.95. The van der Waals surface area contributed by atoms with E-state index in [1.54, 1.807) is 0 Å². The van der Waals surface area contributed by atoms with Crippen LogP contribution in [-0.2, 0) is 0 Å². The lowest BCUT2D eigenvalue weighted by Gasteiger charge is -2.18. The van der Waals surface area contributed by atoms with Gasteiger partial charge in [0.15, 0.2) is 0 Å². The number of aromatic nitrogens is 2. The molecule has 1 atom stereocenters. The van der Waals surface area contributed by atoms with E-state index < -0.39 is 0 Å². The highest BCUT2D eigenvalue weighted by Gasteiger charge is 2.11. The van der Waals surface area contributed by atoms with Crippen LogP contribution in [0.2, 0.25) is 0 Å². The van der Waals surface area contributed by atoms with Crippen molar-refractivity contribution in [2.24, 2.45) is 0 Å². The van der Waals surface area contributed by atoms with Gasteiger partial charge in [-0.1, -0.05) is 25.8 Å². The predicted octanol–water partition coefficient (Wildman–Crippen LogP) is 3.96. The van der Waals surface area contributed by atoms with E-state index in [1.165, 1.54) is 19.3 Å². The van der Waals surface area contributed by atoms with Crippen molar-refractivity contribution in [2.75, 3.05) is 6.54 Å². The Labute approximate surface area is 117 Å². The summed E-state index contributed by atoms with van der Waals surface area (Å²) < 4.78 is 0. The molecule has 1 unspecified atom stereocenters. The smallest absolute Gasteiger partial charge is 0.125 e. The number of nitrogens with zero attached hydrogens (tertiary/aromatic N) is 2. The molecule has 0 aromatic carbocycles. The highest BCUT2D eigenvalue weighted by Crippen LogP contribution is 2.18. The van der Waals surface area contributed by atoms with E-state index in [2.05, 4.69) is 28.8 Å². The number of hydrogen-bond acceptors (Lipinski definition) is 3. The molecule has 0 bridgehead atoms. The fourth-order valence-corrected chi connectivity index (χ4v) is 2.16. The van der Waals surface area contributed by atoms with E-state index in [-0.39, 0.29) is 0 Å². The van der Waals surface area contributed by atoms with Gasteiger partial charge in [-0.05, 0) is 45.2 Å². The van der Waals surface area contributed by atoms with Crippen LogP contribution in [0, 0.1) is 6.92 Å². The molecule has 0 aliphatic rings. The van der Waals surface area contributed by atoms with Gasteiger partial charge in [0.25, 0.3) is 0 Å². The summed E-state index contributed by atoms with van der Waals surface area (Å²) in [4.78, 5) is 8.73. The first kappa shape index (κ1) is 15.8. The van der Waals surface area contributed by atoms with Crippen molar-refractivity contribution in [1.82, 2.24) is 15.3 Å². The summed E-state index contributed by atoms with van der Waals surface area (Å²) in [5, 5.41) is 3.59. The normalized spacial score (nSPS) is 12.3. The van der Waals surface area contributed by atoms with Gasteiger partial charge < -0.3 is 5.32 Å². The molecule has 3 nitrogen and oxygen atoms in total. The molecule has 1 aromatic heterocycles. The number of allylic oxidation sites excluding steroid dienone is 1. The summed E-state index contributed by atoms with van der Waals surface area (Å²) in [6.07, 6.45) is 11.0. The second kappa shape index (κ2) is 9.68. The molecule has 106 valence electrons. The van der Waals surface area contributed by atoms with Gasteiger partial charge in [0.05, 0.1) is 5.69 Å². The van der Waals surface area contributed by atoms with Gasteiger partial charge in [-0.15, -0.1) is 6.58 Å². The van der Waals surface area contributed by atoms with E-state index in [1.807, 2.05) is 25.3 Å². The zero-order chi connectivity index (χ0) is 13.9. The van der Waals surface area contributed by atoms with Gasteiger partial charge in [0.2, 0.25) is 0 Å². The van der Waals surface area contributed by atoms with Crippen molar-refractivity contribution in [1.29, 1.82) is 0 Å².